The van der Waals surface area contributed by atoms with E-state index in [1.165, 1.54) is 18.2 Å². The highest BCUT2D eigenvalue weighted by Crippen LogP contribution is 2.34. The van der Waals surface area contributed by atoms with Crippen LogP contribution in [0.4, 0.5) is 0 Å². The zero-order valence-corrected chi connectivity index (χ0v) is 18.2. The molecule has 1 atom stereocenters. The van der Waals surface area contributed by atoms with E-state index in [0.29, 0.717) is 29.7 Å². The van der Waals surface area contributed by atoms with Crippen molar-refractivity contribution in [1.29, 1.82) is 0 Å². The molecule has 0 saturated carbocycles. The van der Waals surface area contributed by atoms with Crippen molar-refractivity contribution in [3.8, 4) is 0 Å². The second kappa shape index (κ2) is 8.73. The fourth-order valence-electron chi connectivity index (χ4n) is 3.31. The van der Waals surface area contributed by atoms with Crippen LogP contribution in [-0.4, -0.2) is 56.9 Å². The molecule has 1 heterocycles. The Balaban J connectivity index is 1.97. The molecular weight excluding hydrogens is 444 g/mol. The number of esters is 1. The summed E-state index contributed by atoms with van der Waals surface area (Å²) in [5, 5.41) is 0. The van der Waals surface area contributed by atoms with Crippen molar-refractivity contribution in [3.05, 3.63) is 64.1 Å². The monoisotopic (exact) mass is 466 g/mol. The number of hydrogen-bond acceptors (Lipinski definition) is 5. The van der Waals surface area contributed by atoms with Crippen molar-refractivity contribution >= 4 is 31.9 Å². The molecule has 1 unspecified atom stereocenters. The number of hydrogen-bond donors (Lipinski definition) is 0. The lowest BCUT2D eigenvalue weighted by atomic mass is 10.1. The Morgan fingerprint density at radius 1 is 1.18 bits per heavy atom. The van der Waals surface area contributed by atoms with Gasteiger partial charge in [-0.3, -0.25) is 0 Å². The van der Waals surface area contributed by atoms with E-state index >= 15 is 0 Å². The summed E-state index contributed by atoms with van der Waals surface area (Å²) < 4.78 is 33.8. The van der Waals surface area contributed by atoms with Crippen molar-refractivity contribution in [3.63, 3.8) is 0 Å². The number of carbonyl (C=O) groups is 1. The van der Waals surface area contributed by atoms with E-state index in [9.17, 15) is 13.2 Å². The van der Waals surface area contributed by atoms with Gasteiger partial charge in [0.05, 0.1) is 23.1 Å². The van der Waals surface area contributed by atoms with Gasteiger partial charge in [-0.15, -0.1) is 0 Å². The van der Waals surface area contributed by atoms with Crippen LogP contribution in [0.15, 0.2) is 57.9 Å². The molecule has 1 saturated heterocycles. The Morgan fingerprint density at radius 2 is 1.89 bits per heavy atom. The Morgan fingerprint density at radius 3 is 2.54 bits per heavy atom. The van der Waals surface area contributed by atoms with E-state index < -0.39 is 16.0 Å². The molecule has 2 aromatic rings. The number of benzene rings is 2. The highest BCUT2D eigenvalue weighted by atomic mass is 79.9. The summed E-state index contributed by atoms with van der Waals surface area (Å²) in [5.74, 6) is -0.478. The molecule has 0 radical (unpaired) electrons. The van der Waals surface area contributed by atoms with Crippen LogP contribution in [0.25, 0.3) is 0 Å². The molecule has 1 aliphatic rings. The van der Waals surface area contributed by atoms with E-state index in [2.05, 4.69) is 20.8 Å². The topological polar surface area (TPSA) is 66.9 Å². The largest absolute Gasteiger partial charge is 0.462 e. The lowest BCUT2D eigenvalue weighted by Crippen LogP contribution is -2.49. The molecule has 28 heavy (non-hydrogen) atoms. The standard InChI is InChI=1S/C20H23BrN2O4S/c1-3-27-20(24)16-9-10-19(17(21)13-16)28(25,26)23-12-11-22(2)14-18(23)15-7-5-4-6-8-15/h4-10,13,18H,3,11-12,14H2,1-2H3. The van der Waals surface area contributed by atoms with Gasteiger partial charge in [-0.2, -0.15) is 4.31 Å². The van der Waals surface area contributed by atoms with Crippen LogP contribution in [0.2, 0.25) is 0 Å². The van der Waals surface area contributed by atoms with Gasteiger partial charge in [-0.1, -0.05) is 30.3 Å². The Bertz CT molecular complexity index is 950. The number of halogens is 1. The predicted molar refractivity (Wildman–Crippen MR) is 111 cm³/mol. The van der Waals surface area contributed by atoms with E-state index in [4.69, 9.17) is 4.74 Å². The summed E-state index contributed by atoms with van der Waals surface area (Å²) >= 11 is 3.33. The second-order valence-corrected chi connectivity index (χ2v) is 9.38. The lowest BCUT2D eigenvalue weighted by molar-refractivity contribution is 0.0526. The molecule has 150 valence electrons. The first kappa shape index (κ1) is 21.0. The highest BCUT2D eigenvalue weighted by molar-refractivity contribution is 9.10. The fourth-order valence-corrected chi connectivity index (χ4v) is 5.95. The summed E-state index contributed by atoms with van der Waals surface area (Å²) in [4.78, 5) is 14.2. The molecular formula is C20H23BrN2O4S. The smallest absolute Gasteiger partial charge is 0.338 e. The Kier molecular flexibility index (Phi) is 6.54. The third kappa shape index (κ3) is 4.30. The number of nitrogens with zero attached hydrogens (tertiary/aromatic N) is 2. The number of sulfonamides is 1. The first-order chi connectivity index (χ1) is 13.3. The predicted octanol–water partition coefficient (Wildman–Crippen LogP) is 3.30. The van der Waals surface area contributed by atoms with E-state index in [0.717, 1.165) is 5.56 Å². The van der Waals surface area contributed by atoms with Crippen LogP contribution in [-0.2, 0) is 14.8 Å². The summed E-state index contributed by atoms with van der Waals surface area (Å²) in [6.45, 7) is 3.65. The minimum Gasteiger partial charge on any atom is -0.462 e. The first-order valence-corrected chi connectivity index (χ1v) is 11.3. The fraction of sp³-hybridized carbons (Fsp3) is 0.350. The van der Waals surface area contributed by atoms with Crippen LogP contribution >= 0.6 is 15.9 Å². The molecule has 0 bridgehead atoms. The summed E-state index contributed by atoms with van der Waals surface area (Å²) in [6.07, 6.45) is 0. The SMILES string of the molecule is CCOC(=O)c1ccc(S(=O)(=O)N2CCN(C)CC2c2ccccc2)c(Br)c1. The van der Waals surface area contributed by atoms with Crippen molar-refractivity contribution in [2.24, 2.45) is 0 Å². The zero-order valence-electron chi connectivity index (χ0n) is 15.8. The van der Waals surface area contributed by atoms with Crippen molar-refractivity contribution in [2.45, 2.75) is 17.9 Å². The van der Waals surface area contributed by atoms with Gasteiger partial charge >= 0.3 is 5.97 Å². The number of rotatable bonds is 5. The van der Waals surface area contributed by atoms with E-state index in [1.54, 1.807) is 11.2 Å². The normalized spacial score (nSPS) is 18.8. The van der Waals surface area contributed by atoms with Crippen molar-refractivity contribution in [2.75, 3.05) is 33.3 Å². The van der Waals surface area contributed by atoms with Crippen LogP contribution < -0.4 is 0 Å². The van der Waals surface area contributed by atoms with Crippen LogP contribution in [0, 0.1) is 0 Å². The summed E-state index contributed by atoms with van der Waals surface area (Å²) in [7, 11) is -1.77. The third-order valence-corrected chi connectivity index (χ3v) is 7.63. The minimum absolute atomic E-state index is 0.144. The minimum atomic E-state index is -3.76. The molecule has 0 amide bonds. The lowest BCUT2D eigenvalue weighted by Gasteiger charge is -2.39. The average Bonchev–Trinajstić information content (AvgIpc) is 2.68. The zero-order chi connectivity index (χ0) is 20.3. The first-order valence-electron chi connectivity index (χ1n) is 9.06. The molecule has 0 N–H and O–H groups in total. The Hall–Kier alpha value is -1.74. The molecule has 3 rings (SSSR count). The number of ether oxygens (including phenoxy) is 1. The van der Waals surface area contributed by atoms with Gasteiger partial charge in [-0.05, 0) is 53.7 Å². The van der Waals surface area contributed by atoms with Gasteiger partial charge in [0.15, 0.2) is 0 Å². The Labute approximate surface area is 174 Å². The maximum Gasteiger partial charge on any atom is 0.338 e. The van der Waals surface area contributed by atoms with Crippen LogP contribution in [0.5, 0.6) is 0 Å². The van der Waals surface area contributed by atoms with Crippen LogP contribution in [0.1, 0.15) is 28.9 Å². The molecule has 0 aromatic heterocycles. The third-order valence-electron chi connectivity index (χ3n) is 4.75. The summed E-state index contributed by atoms with van der Waals surface area (Å²) in [5.41, 5.74) is 1.27. The molecule has 0 aliphatic carbocycles. The maximum atomic E-state index is 13.5. The number of likely N-dealkylation sites (N-methyl/N-ethyl adjacent to an activating group) is 1. The van der Waals surface area contributed by atoms with E-state index in [-0.39, 0.29) is 17.5 Å². The van der Waals surface area contributed by atoms with Gasteiger partial charge in [0.25, 0.3) is 0 Å². The van der Waals surface area contributed by atoms with Crippen molar-refractivity contribution < 1.29 is 17.9 Å². The quantitative estimate of drug-likeness (QED) is 0.632. The van der Waals surface area contributed by atoms with Gasteiger partial charge < -0.3 is 9.64 Å². The van der Waals surface area contributed by atoms with Gasteiger partial charge in [0.2, 0.25) is 10.0 Å². The average molecular weight is 467 g/mol. The van der Waals surface area contributed by atoms with Crippen molar-refractivity contribution in [1.82, 2.24) is 9.21 Å². The molecule has 2 aromatic carbocycles. The molecule has 1 fully saturated rings. The van der Waals surface area contributed by atoms with E-state index in [1.807, 2.05) is 37.4 Å². The van der Waals surface area contributed by atoms with Gasteiger partial charge in [-0.25, -0.2) is 13.2 Å². The molecule has 0 spiro atoms. The summed E-state index contributed by atoms with van der Waals surface area (Å²) in [6, 6.07) is 13.8. The highest BCUT2D eigenvalue weighted by Gasteiger charge is 2.37. The molecule has 6 nitrogen and oxygen atoms in total. The number of piperazine rings is 1. The molecule has 1 aliphatic heterocycles. The maximum absolute atomic E-state index is 13.5. The van der Waals surface area contributed by atoms with Gasteiger partial charge in [0.1, 0.15) is 0 Å². The van der Waals surface area contributed by atoms with Gasteiger partial charge in [0, 0.05) is 24.1 Å². The van der Waals surface area contributed by atoms with Crippen LogP contribution in [0.3, 0.4) is 0 Å². The molecule has 8 heteroatoms. The number of carbonyl (C=O) groups excluding carboxylic acids is 1. The second-order valence-electron chi connectivity index (χ2n) is 6.67.